The SMILES string of the molecule is CN1C(=O)C(=NC(CCl)N(c2ccc(Cl)cc2Cl)C2CCCC2)N(c2ccccc2Cl)C1=O. The topological polar surface area (TPSA) is 56.2 Å². The van der Waals surface area contributed by atoms with Crippen molar-refractivity contribution in [2.75, 3.05) is 22.7 Å². The number of urea groups is 1. The van der Waals surface area contributed by atoms with Gasteiger partial charge in [-0.15, -0.1) is 11.6 Å². The fourth-order valence-corrected chi connectivity index (χ4v) is 5.27. The van der Waals surface area contributed by atoms with Crippen molar-refractivity contribution in [3.05, 3.63) is 57.5 Å². The number of aliphatic imine (C=N–C) groups is 1. The van der Waals surface area contributed by atoms with Crippen LogP contribution in [-0.2, 0) is 4.79 Å². The molecule has 2 aromatic rings. The minimum Gasteiger partial charge on any atom is -0.344 e. The van der Waals surface area contributed by atoms with Crippen molar-refractivity contribution in [3.8, 4) is 0 Å². The minimum atomic E-state index is -0.642. The Morgan fingerprint density at radius 2 is 1.76 bits per heavy atom. The van der Waals surface area contributed by atoms with Crippen LogP contribution in [0.25, 0.3) is 0 Å². The zero-order chi connectivity index (χ0) is 23.7. The molecule has 0 spiro atoms. The number of para-hydroxylation sites is 1. The van der Waals surface area contributed by atoms with Gasteiger partial charge in [0.1, 0.15) is 6.17 Å². The van der Waals surface area contributed by atoms with Crippen LogP contribution in [0.1, 0.15) is 25.7 Å². The Morgan fingerprint density at radius 1 is 1.06 bits per heavy atom. The molecule has 4 rings (SSSR count). The molecule has 2 aliphatic rings. The van der Waals surface area contributed by atoms with Gasteiger partial charge in [0.05, 0.1) is 27.3 Å². The van der Waals surface area contributed by atoms with Crippen molar-refractivity contribution in [1.82, 2.24) is 4.90 Å². The van der Waals surface area contributed by atoms with Crippen LogP contribution in [0, 0.1) is 0 Å². The molecule has 0 bridgehead atoms. The van der Waals surface area contributed by atoms with E-state index in [0.717, 1.165) is 36.3 Å². The number of rotatable bonds is 6. The summed E-state index contributed by atoms with van der Waals surface area (Å²) in [5.41, 5.74) is 1.11. The van der Waals surface area contributed by atoms with E-state index in [1.165, 1.54) is 11.9 Å². The largest absolute Gasteiger partial charge is 0.344 e. The number of carbonyl (C=O) groups is 2. The fraction of sp³-hybridized carbons (Fsp3) is 0.348. The first-order valence-corrected chi connectivity index (χ1v) is 12.2. The van der Waals surface area contributed by atoms with E-state index in [4.69, 9.17) is 51.4 Å². The molecule has 2 fully saturated rings. The van der Waals surface area contributed by atoms with Gasteiger partial charge in [-0.2, -0.15) is 0 Å². The van der Waals surface area contributed by atoms with Crippen LogP contribution in [-0.4, -0.2) is 47.8 Å². The van der Waals surface area contributed by atoms with Crippen molar-refractivity contribution >= 4 is 75.6 Å². The van der Waals surface area contributed by atoms with E-state index in [2.05, 4.69) is 0 Å². The maximum absolute atomic E-state index is 13.0. The summed E-state index contributed by atoms with van der Waals surface area (Å²) in [7, 11) is 1.41. The molecular weight excluding hydrogens is 506 g/mol. The van der Waals surface area contributed by atoms with E-state index >= 15 is 0 Å². The lowest BCUT2D eigenvalue weighted by molar-refractivity contribution is -0.119. The summed E-state index contributed by atoms with van der Waals surface area (Å²) in [6, 6.07) is 11.7. The molecule has 0 radical (unpaired) electrons. The molecule has 1 unspecified atom stereocenters. The van der Waals surface area contributed by atoms with Crippen LogP contribution in [0.5, 0.6) is 0 Å². The number of amides is 3. The van der Waals surface area contributed by atoms with Crippen LogP contribution in [0.3, 0.4) is 0 Å². The lowest BCUT2D eigenvalue weighted by atomic mass is 10.1. The Kier molecular flexibility index (Phi) is 7.39. The van der Waals surface area contributed by atoms with Gasteiger partial charge in [-0.05, 0) is 43.2 Å². The lowest BCUT2D eigenvalue weighted by Crippen LogP contribution is -2.44. The number of imide groups is 1. The quantitative estimate of drug-likeness (QED) is 0.320. The van der Waals surface area contributed by atoms with Gasteiger partial charge in [-0.1, -0.05) is 59.8 Å². The number of likely N-dealkylation sites (N-methyl/N-ethyl adjacent to an activating group) is 1. The zero-order valence-corrected chi connectivity index (χ0v) is 20.9. The smallest absolute Gasteiger partial charge is 0.337 e. The summed E-state index contributed by atoms with van der Waals surface area (Å²) in [4.78, 5) is 35.0. The van der Waals surface area contributed by atoms with Gasteiger partial charge >= 0.3 is 6.03 Å². The number of anilines is 2. The molecule has 10 heteroatoms. The third kappa shape index (κ3) is 4.67. The van der Waals surface area contributed by atoms with E-state index in [0.29, 0.717) is 20.8 Å². The molecule has 174 valence electrons. The summed E-state index contributed by atoms with van der Waals surface area (Å²) in [6.45, 7) is 0. The van der Waals surface area contributed by atoms with Crippen LogP contribution in [0.15, 0.2) is 47.5 Å². The third-order valence-electron chi connectivity index (χ3n) is 5.92. The Balaban J connectivity index is 1.82. The number of benzene rings is 2. The molecule has 0 N–H and O–H groups in total. The van der Waals surface area contributed by atoms with E-state index in [1.54, 1.807) is 36.4 Å². The van der Waals surface area contributed by atoms with Gasteiger partial charge in [0.2, 0.25) is 5.84 Å². The maximum atomic E-state index is 13.0. The number of hydrogen-bond acceptors (Lipinski definition) is 4. The third-order valence-corrected chi connectivity index (χ3v) is 7.05. The van der Waals surface area contributed by atoms with Gasteiger partial charge < -0.3 is 4.90 Å². The van der Waals surface area contributed by atoms with Gasteiger partial charge in [0.25, 0.3) is 5.91 Å². The highest BCUT2D eigenvalue weighted by Gasteiger charge is 2.43. The Hall–Kier alpha value is -1.99. The second-order valence-corrected chi connectivity index (χ2v) is 9.52. The summed E-state index contributed by atoms with van der Waals surface area (Å²) in [6.07, 6.45) is 3.39. The van der Waals surface area contributed by atoms with E-state index in [1.807, 2.05) is 11.0 Å². The average Bonchev–Trinajstić information content (AvgIpc) is 3.39. The number of amidine groups is 1. The highest BCUT2D eigenvalue weighted by Crippen LogP contribution is 2.37. The minimum absolute atomic E-state index is 0.0330. The fourth-order valence-electron chi connectivity index (χ4n) is 4.32. The number of hydrogen-bond donors (Lipinski definition) is 0. The van der Waals surface area contributed by atoms with E-state index in [-0.39, 0.29) is 17.8 Å². The summed E-state index contributed by atoms with van der Waals surface area (Å²) in [5.74, 6) is -0.474. The van der Waals surface area contributed by atoms with Crippen molar-refractivity contribution in [3.63, 3.8) is 0 Å². The Morgan fingerprint density at radius 3 is 2.39 bits per heavy atom. The van der Waals surface area contributed by atoms with Crippen molar-refractivity contribution in [2.45, 2.75) is 37.9 Å². The first kappa shape index (κ1) is 24.1. The first-order chi connectivity index (χ1) is 15.8. The van der Waals surface area contributed by atoms with Crippen molar-refractivity contribution in [2.24, 2.45) is 4.99 Å². The Bertz CT molecular complexity index is 1100. The molecule has 1 heterocycles. The predicted octanol–water partition coefficient (Wildman–Crippen LogP) is 6.46. The highest BCUT2D eigenvalue weighted by molar-refractivity contribution is 6.55. The van der Waals surface area contributed by atoms with Gasteiger partial charge in [-0.3, -0.25) is 9.69 Å². The van der Waals surface area contributed by atoms with Crippen molar-refractivity contribution in [1.29, 1.82) is 0 Å². The molecule has 1 saturated carbocycles. The van der Waals surface area contributed by atoms with Gasteiger partial charge in [0, 0.05) is 18.1 Å². The molecule has 0 aromatic heterocycles. The highest BCUT2D eigenvalue weighted by atomic mass is 35.5. The van der Waals surface area contributed by atoms with E-state index in [9.17, 15) is 9.59 Å². The molecule has 3 amide bonds. The molecule has 6 nitrogen and oxygen atoms in total. The second-order valence-electron chi connectivity index (χ2n) is 7.96. The summed E-state index contributed by atoms with van der Waals surface area (Å²) < 4.78 is 0. The predicted molar refractivity (Wildman–Crippen MR) is 135 cm³/mol. The van der Waals surface area contributed by atoms with E-state index < -0.39 is 18.1 Å². The molecule has 1 atom stereocenters. The van der Waals surface area contributed by atoms with Gasteiger partial charge in [0.15, 0.2) is 0 Å². The molecule has 1 saturated heterocycles. The molecule has 33 heavy (non-hydrogen) atoms. The Labute approximate surface area is 212 Å². The maximum Gasteiger partial charge on any atom is 0.337 e. The van der Waals surface area contributed by atoms with Crippen LogP contribution in [0.4, 0.5) is 16.2 Å². The number of halogens is 4. The summed E-state index contributed by atoms with van der Waals surface area (Å²) in [5, 5.41) is 1.32. The molecule has 1 aliphatic heterocycles. The monoisotopic (exact) mass is 526 g/mol. The van der Waals surface area contributed by atoms with Gasteiger partial charge in [-0.25, -0.2) is 14.7 Å². The number of alkyl halides is 1. The number of carbonyl (C=O) groups excluding carboxylic acids is 2. The zero-order valence-electron chi connectivity index (χ0n) is 17.8. The molecular formula is C23H22Cl4N4O2. The first-order valence-electron chi connectivity index (χ1n) is 10.6. The molecule has 1 aliphatic carbocycles. The lowest BCUT2D eigenvalue weighted by Gasteiger charge is -2.36. The normalized spacial score (nSPS) is 19.1. The van der Waals surface area contributed by atoms with Crippen LogP contribution >= 0.6 is 46.4 Å². The van der Waals surface area contributed by atoms with Crippen LogP contribution in [0.2, 0.25) is 15.1 Å². The average molecular weight is 528 g/mol. The second kappa shape index (κ2) is 10.1. The van der Waals surface area contributed by atoms with Crippen LogP contribution < -0.4 is 9.80 Å². The van der Waals surface area contributed by atoms with Crippen molar-refractivity contribution < 1.29 is 9.59 Å². The molecule has 2 aromatic carbocycles. The standard InChI is InChI=1S/C23H22Cl4N4O2/c1-29-22(32)21(31(23(29)33)18-9-5-4-8-16(18)26)28-20(13-24)30(15-6-2-3-7-15)19-11-10-14(25)12-17(19)27/h4-5,8-12,15,20H,2-3,6-7,13H2,1H3. The summed E-state index contributed by atoms with van der Waals surface area (Å²) >= 11 is 25.5. The number of nitrogens with zero attached hydrogens (tertiary/aromatic N) is 4.